The van der Waals surface area contributed by atoms with Gasteiger partial charge in [0.1, 0.15) is 0 Å². The van der Waals surface area contributed by atoms with Crippen LogP contribution in [0.3, 0.4) is 0 Å². The lowest BCUT2D eigenvalue weighted by Gasteiger charge is -2.17. The summed E-state index contributed by atoms with van der Waals surface area (Å²) in [7, 11) is 1.28. The highest BCUT2D eigenvalue weighted by atomic mass is 28.1. The summed E-state index contributed by atoms with van der Waals surface area (Å²) in [6.07, 6.45) is 1.02. The van der Waals surface area contributed by atoms with E-state index in [9.17, 15) is 0 Å². The topological polar surface area (TPSA) is 30.5 Å². The van der Waals surface area contributed by atoms with Gasteiger partial charge in [-0.05, 0) is 26.8 Å². The molecule has 0 fully saturated rings. The van der Waals surface area contributed by atoms with Gasteiger partial charge in [-0.1, -0.05) is 6.04 Å². The second kappa shape index (κ2) is 9.19. The van der Waals surface area contributed by atoms with Gasteiger partial charge in [-0.3, -0.25) is 5.32 Å². The predicted molar refractivity (Wildman–Crippen MR) is 54.4 cm³/mol. The molecule has 4 heteroatoms. The molecule has 1 N–H and O–H groups in total. The van der Waals surface area contributed by atoms with Gasteiger partial charge in [0.25, 0.3) is 0 Å². The van der Waals surface area contributed by atoms with Gasteiger partial charge in [0.15, 0.2) is 0 Å². The van der Waals surface area contributed by atoms with Gasteiger partial charge < -0.3 is 9.47 Å². The number of hydrogen-bond donors (Lipinski definition) is 1. The van der Waals surface area contributed by atoms with Crippen molar-refractivity contribution in [3.05, 3.63) is 0 Å². The summed E-state index contributed by atoms with van der Waals surface area (Å²) in [6.45, 7) is 6.33. The molecule has 74 valence electrons. The lowest BCUT2D eigenvalue weighted by Crippen LogP contribution is -2.35. The Morgan fingerprint density at radius 1 is 1.25 bits per heavy atom. The van der Waals surface area contributed by atoms with E-state index in [2.05, 4.69) is 5.32 Å². The molecule has 3 nitrogen and oxygen atoms in total. The van der Waals surface area contributed by atoms with Gasteiger partial charge in [0, 0.05) is 23.5 Å². The van der Waals surface area contributed by atoms with Crippen molar-refractivity contribution in [3.8, 4) is 0 Å². The lowest BCUT2D eigenvalue weighted by atomic mass is 10.5. The van der Waals surface area contributed by atoms with Gasteiger partial charge in [-0.15, -0.1) is 0 Å². The second-order valence-corrected chi connectivity index (χ2v) is 3.55. The van der Waals surface area contributed by atoms with E-state index in [0.29, 0.717) is 13.2 Å². The number of rotatable bonds is 8. The summed E-state index contributed by atoms with van der Waals surface area (Å²) in [5.74, 6) is 0. The summed E-state index contributed by atoms with van der Waals surface area (Å²) in [5, 5.41) is 3.20. The summed E-state index contributed by atoms with van der Waals surface area (Å²) in [6, 6.07) is 1.33. The van der Waals surface area contributed by atoms with Gasteiger partial charge in [-0.25, -0.2) is 0 Å². The van der Waals surface area contributed by atoms with Crippen LogP contribution in [0, 0.1) is 0 Å². The molecule has 0 spiro atoms. The number of ether oxygens (including phenoxy) is 2. The van der Waals surface area contributed by atoms with Crippen LogP contribution in [0.1, 0.15) is 20.3 Å². The predicted octanol–water partition coefficient (Wildman–Crippen LogP) is 0.106. The first kappa shape index (κ1) is 12.1. The minimum Gasteiger partial charge on any atom is -0.340 e. The third-order valence-electron chi connectivity index (χ3n) is 1.48. The highest BCUT2D eigenvalue weighted by molar-refractivity contribution is 6.08. The van der Waals surface area contributed by atoms with Crippen molar-refractivity contribution in [1.82, 2.24) is 5.32 Å². The van der Waals surface area contributed by atoms with E-state index in [1.165, 1.54) is 22.7 Å². The Morgan fingerprint density at radius 3 is 2.25 bits per heavy atom. The summed E-state index contributed by atoms with van der Waals surface area (Å²) in [4.78, 5) is 0. The molecule has 0 bridgehead atoms. The Kier molecular flexibility index (Phi) is 9.26. The third kappa shape index (κ3) is 6.79. The maximum absolute atomic E-state index is 5.31. The molecule has 0 rings (SSSR count). The van der Waals surface area contributed by atoms with Crippen LogP contribution in [-0.2, 0) is 9.47 Å². The van der Waals surface area contributed by atoms with Crippen LogP contribution >= 0.6 is 0 Å². The van der Waals surface area contributed by atoms with E-state index in [-0.39, 0.29) is 6.41 Å². The van der Waals surface area contributed by atoms with Crippen LogP contribution in [0.25, 0.3) is 0 Å². The van der Waals surface area contributed by atoms with Crippen LogP contribution in [-0.4, -0.2) is 36.4 Å². The zero-order chi connectivity index (χ0) is 9.23. The van der Waals surface area contributed by atoms with Crippen molar-refractivity contribution in [3.63, 3.8) is 0 Å². The van der Waals surface area contributed by atoms with Gasteiger partial charge >= 0.3 is 0 Å². The molecule has 0 unspecified atom stereocenters. The maximum atomic E-state index is 5.31. The minimum atomic E-state index is -0.201. The van der Waals surface area contributed by atoms with Crippen molar-refractivity contribution in [2.75, 3.05) is 19.8 Å². The molecule has 0 heterocycles. The van der Waals surface area contributed by atoms with Crippen LogP contribution < -0.4 is 5.32 Å². The van der Waals surface area contributed by atoms with Crippen LogP contribution in [0.5, 0.6) is 0 Å². The smallest absolute Gasteiger partial charge is 0.216 e. The molecule has 0 aromatic heterocycles. The van der Waals surface area contributed by atoms with E-state index in [0.717, 1.165) is 6.54 Å². The monoisotopic (exact) mass is 191 g/mol. The summed E-state index contributed by atoms with van der Waals surface area (Å²) < 4.78 is 10.6. The van der Waals surface area contributed by atoms with Crippen LogP contribution in [0.15, 0.2) is 0 Å². The van der Waals surface area contributed by atoms with Crippen molar-refractivity contribution in [2.24, 2.45) is 0 Å². The van der Waals surface area contributed by atoms with E-state index in [4.69, 9.17) is 9.47 Å². The van der Waals surface area contributed by atoms with E-state index in [1.807, 2.05) is 13.8 Å². The van der Waals surface area contributed by atoms with Crippen LogP contribution in [0.2, 0.25) is 6.04 Å². The zero-order valence-electron chi connectivity index (χ0n) is 8.43. The fraction of sp³-hybridized carbons (Fsp3) is 1.00. The molecule has 0 radical (unpaired) electrons. The van der Waals surface area contributed by atoms with Crippen molar-refractivity contribution in [1.29, 1.82) is 0 Å². The maximum Gasteiger partial charge on any atom is 0.216 e. The van der Waals surface area contributed by atoms with Crippen LogP contribution in [0.4, 0.5) is 0 Å². The molecule has 0 atom stereocenters. The third-order valence-corrected chi connectivity index (χ3v) is 2.18. The fourth-order valence-electron chi connectivity index (χ4n) is 0.865. The van der Waals surface area contributed by atoms with Crippen molar-refractivity contribution >= 4 is 10.2 Å². The molecular weight excluding hydrogens is 170 g/mol. The molecule has 12 heavy (non-hydrogen) atoms. The molecular formula is C8H21NO2Si. The Labute approximate surface area is 78.2 Å². The molecule has 0 amide bonds. The quantitative estimate of drug-likeness (QED) is 0.335. The Bertz CT molecular complexity index is 87.1. The average Bonchev–Trinajstić information content (AvgIpc) is 2.06. The second-order valence-electron chi connectivity index (χ2n) is 2.55. The molecule has 0 aliphatic carbocycles. The van der Waals surface area contributed by atoms with E-state index < -0.39 is 0 Å². The molecule has 0 aliphatic heterocycles. The first-order valence-electron chi connectivity index (χ1n) is 4.81. The standard InChI is InChI=1S/C8H21NO2Si/c1-3-10-8(11-4-2)9-6-5-7-12/h8-9H,3-7H2,1-2,12H3. The van der Waals surface area contributed by atoms with Gasteiger partial charge in [0.05, 0.1) is 0 Å². The molecule has 0 aliphatic rings. The SMILES string of the molecule is CCOC(NCCC[SiH3])OCC. The fourth-order valence-corrected chi connectivity index (χ4v) is 1.22. The molecule has 0 saturated heterocycles. The molecule has 0 aromatic carbocycles. The molecule has 0 aromatic rings. The lowest BCUT2D eigenvalue weighted by molar-refractivity contribution is -0.154. The summed E-state index contributed by atoms with van der Waals surface area (Å²) in [5.41, 5.74) is 0. The Hall–Kier alpha value is 0.0969. The Morgan fingerprint density at radius 2 is 1.83 bits per heavy atom. The normalized spacial score (nSPS) is 11.2. The van der Waals surface area contributed by atoms with Crippen molar-refractivity contribution in [2.45, 2.75) is 32.7 Å². The first-order valence-corrected chi connectivity index (χ1v) is 6.23. The minimum absolute atomic E-state index is 0.201. The average molecular weight is 191 g/mol. The summed E-state index contributed by atoms with van der Waals surface area (Å²) >= 11 is 0. The van der Waals surface area contributed by atoms with Crippen molar-refractivity contribution < 1.29 is 9.47 Å². The zero-order valence-corrected chi connectivity index (χ0v) is 10.4. The van der Waals surface area contributed by atoms with Gasteiger partial charge in [-0.2, -0.15) is 0 Å². The number of hydrogen-bond acceptors (Lipinski definition) is 3. The number of nitrogens with one attached hydrogen (secondary N) is 1. The molecule has 0 saturated carbocycles. The highest BCUT2D eigenvalue weighted by Crippen LogP contribution is 1.91. The first-order chi connectivity index (χ1) is 5.85. The highest BCUT2D eigenvalue weighted by Gasteiger charge is 2.04. The largest absolute Gasteiger partial charge is 0.340 e. The Balaban J connectivity index is 3.34. The van der Waals surface area contributed by atoms with E-state index in [1.54, 1.807) is 0 Å². The van der Waals surface area contributed by atoms with Gasteiger partial charge in [0.2, 0.25) is 6.41 Å². The van der Waals surface area contributed by atoms with E-state index >= 15 is 0 Å².